The molecule has 0 aliphatic heterocycles. The maximum absolute atomic E-state index is 11.9. The van der Waals surface area contributed by atoms with E-state index in [2.05, 4.69) is 4.74 Å². The number of carboxylic acid groups (broad SMARTS) is 1. The van der Waals surface area contributed by atoms with Crippen LogP contribution in [-0.2, 0) is 0 Å². The average molecular weight is 328 g/mol. The molecule has 1 aromatic carbocycles. The lowest BCUT2D eigenvalue weighted by molar-refractivity contribution is 0.0664. The van der Waals surface area contributed by atoms with Gasteiger partial charge in [0.1, 0.15) is 17.9 Å². The monoisotopic (exact) mass is 328 g/mol. The molecular formula is C9H7F2IO3. The molecule has 6 heteroatoms. The van der Waals surface area contributed by atoms with Gasteiger partial charge in [0.05, 0.1) is 0 Å². The molecule has 0 aliphatic carbocycles. The lowest BCUT2D eigenvalue weighted by Crippen LogP contribution is -2.10. The molecule has 0 heterocycles. The van der Waals surface area contributed by atoms with E-state index in [0.717, 1.165) is 0 Å². The van der Waals surface area contributed by atoms with Crippen molar-refractivity contribution in [3.05, 3.63) is 27.3 Å². The molecule has 1 N–H and O–H groups in total. The van der Waals surface area contributed by atoms with Gasteiger partial charge in [-0.15, -0.1) is 0 Å². The number of hydrogen-bond donors (Lipinski definition) is 1. The molecule has 0 aliphatic rings. The first-order valence-corrected chi connectivity index (χ1v) is 5.02. The number of benzene rings is 1. The third-order valence-corrected chi connectivity index (χ3v) is 2.21. The zero-order valence-electron chi connectivity index (χ0n) is 7.41. The van der Waals surface area contributed by atoms with Gasteiger partial charge in [0, 0.05) is 3.57 Å². The van der Waals surface area contributed by atoms with Crippen LogP contribution >= 0.6 is 22.6 Å². The molecule has 1 rings (SSSR count). The lowest BCUT2D eigenvalue weighted by Gasteiger charge is -2.08. The van der Waals surface area contributed by atoms with E-state index in [1.54, 1.807) is 6.07 Å². The molecule has 0 saturated heterocycles. The molecule has 0 unspecified atom stereocenters. The van der Waals surface area contributed by atoms with Gasteiger partial charge in [0.15, 0.2) is 0 Å². The Balaban J connectivity index is 2.91. The van der Waals surface area contributed by atoms with Crippen molar-refractivity contribution in [2.45, 2.75) is 6.43 Å². The fourth-order valence-electron chi connectivity index (χ4n) is 0.948. The minimum atomic E-state index is -2.62. The molecule has 1 aromatic rings. The normalized spacial score (nSPS) is 10.4. The van der Waals surface area contributed by atoms with Crippen LogP contribution < -0.4 is 4.74 Å². The summed E-state index contributed by atoms with van der Waals surface area (Å²) in [5.74, 6) is -1.24. The second-order valence-electron chi connectivity index (χ2n) is 2.65. The van der Waals surface area contributed by atoms with E-state index in [1.807, 2.05) is 22.6 Å². The van der Waals surface area contributed by atoms with Crippen LogP contribution in [0.25, 0.3) is 0 Å². The topological polar surface area (TPSA) is 46.5 Å². The Morgan fingerprint density at radius 1 is 1.53 bits per heavy atom. The Bertz CT molecular complexity index is 368. The fourth-order valence-corrected chi connectivity index (χ4v) is 1.44. The first-order chi connectivity index (χ1) is 7.00. The zero-order valence-corrected chi connectivity index (χ0v) is 9.57. The molecule has 0 saturated carbocycles. The van der Waals surface area contributed by atoms with E-state index >= 15 is 0 Å². The zero-order chi connectivity index (χ0) is 11.4. The summed E-state index contributed by atoms with van der Waals surface area (Å²) in [5.41, 5.74) is -0.109. The van der Waals surface area contributed by atoms with E-state index in [1.165, 1.54) is 12.1 Å². The molecule has 0 fully saturated rings. The van der Waals surface area contributed by atoms with Crippen LogP contribution in [-0.4, -0.2) is 24.1 Å². The third kappa shape index (κ3) is 3.61. The van der Waals surface area contributed by atoms with Crippen molar-refractivity contribution in [1.82, 2.24) is 0 Å². The molecular weight excluding hydrogens is 321 g/mol. The van der Waals surface area contributed by atoms with E-state index in [4.69, 9.17) is 5.11 Å². The Morgan fingerprint density at radius 2 is 2.20 bits per heavy atom. The van der Waals surface area contributed by atoms with Crippen molar-refractivity contribution in [2.75, 3.05) is 6.61 Å². The van der Waals surface area contributed by atoms with Crippen LogP contribution in [0.3, 0.4) is 0 Å². The van der Waals surface area contributed by atoms with Gasteiger partial charge in [-0.2, -0.15) is 0 Å². The van der Waals surface area contributed by atoms with Crippen LogP contribution in [0.5, 0.6) is 5.75 Å². The number of ether oxygens (including phenoxy) is 1. The summed E-state index contributed by atoms with van der Waals surface area (Å²) < 4.78 is 29.1. The second-order valence-corrected chi connectivity index (χ2v) is 3.89. The molecule has 0 bridgehead atoms. The maximum Gasteiger partial charge on any atom is 0.339 e. The summed E-state index contributed by atoms with van der Waals surface area (Å²) in [5, 5.41) is 8.78. The summed E-state index contributed by atoms with van der Waals surface area (Å²) in [4.78, 5) is 10.7. The number of aromatic carboxylic acids is 1. The van der Waals surface area contributed by atoms with Crippen molar-refractivity contribution in [3.8, 4) is 5.75 Å². The number of carbonyl (C=O) groups is 1. The van der Waals surface area contributed by atoms with Crippen molar-refractivity contribution in [1.29, 1.82) is 0 Å². The fraction of sp³-hybridized carbons (Fsp3) is 0.222. The van der Waals surface area contributed by atoms with Gasteiger partial charge >= 0.3 is 5.97 Å². The third-order valence-electron chi connectivity index (χ3n) is 1.54. The number of rotatable bonds is 4. The average Bonchev–Trinajstić information content (AvgIpc) is 2.15. The number of carboxylic acids is 1. The predicted molar refractivity (Wildman–Crippen MR) is 57.6 cm³/mol. The molecule has 3 nitrogen and oxygen atoms in total. The summed E-state index contributed by atoms with van der Waals surface area (Å²) in [6.45, 7) is -0.805. The lowest BCUT2D eigenvalue weighted by atomic mass is 10.2. The molecule has 0 aromatic heterocycles. The smallest absolute Gasteiger partial charge is 0.339 e. The SMILES string of the molecule is O=C(O)c1cc(I)ccc1OCC(F)F. The Hall–Kier alpha value is -0.920. The van der Waals surface area contributed by atoms with Crippen LogP contribution in [0, 0.1) is 3.57 Å². The van der Waals surface area contributed by atoms with Gasteiger partial charge in [-0.05, 0) is 40.8 Å². The highest BCUT2D eigenvalue weighted by Crippen LogP contribution is 2.21. The molecule has 82 valence electrons. The largest absolute Gasteiger partial charge is 0.487 e. The summed E-state index contributed by atoms with van der Waals surface area (Å²) in [7, 11) is 0. The standard InChI is InChI=1S/C9H7F2IO3/c10-8(11)4-15-7-2-1-5(12)3-6(7)9(13)14/h1-3,8H,4H2,(H,13,14). The minimum absolute atomic E-state index is 0.0387. The molecule has 0 amide bonds. The Labute approximate surface area is 98.2 Å². The predicted octanol–water partition coefficient (Wildman–Crippen LogP) is 2.63. The summed E-state index contributed by atoms with van der Waals surface area (Å²) in [6, 6.07) is 4.32. The Morgan fingerprint density at radius 3 is 2.73 bits per heavy atom. The molecule has 0 radical (unpaired) electrons. The van der Waals surface area contributed by atoms with E-state index in [9.17, 15) is 13.6 Å². The van der Waals surface area contributed by atoms with Crippen molar-refractivity contribution in [3.63, 3.8) is 0 Å². The summed E-state index contributed by atoms with van der Waals surface area (Å²) in [6.07, 6.45) is -2.62. The van der Waals surface area contributed by atoms with Gasteiger partial charge in [-0.3, -0.25) is 0 Å². The van der Waals surface area contributed by atoms with E-state index in [0.29, 0.717) is 3.57 Å². The highest BCUT2D eigenvalue weighted by Gasteiger charge is 2.13. The quantitative estimate of drug-likeness (QED) is 0.865. The minimum Gasteiger partial charge on any atom is -0.487 e. The van der Waals surface area contributed by atoms with Crippen molar-refractivity contribution < 1.29 is 23.4 Å². The van der Waals surface area contributed by atoms with Crippen LogP contribution in [0.1, 0.15) is 10.4 Å². The van der Waals surface area contributed by atoms with E-state index < -0.39 is 19.0 Å². The van der Waals surface area contributed by atoms with Gasteiger partial charge in [0.2, 0.25) is 0 Å². The van der Waals surface area contributed by atoms with Crippen molar-refractivity contribution >= 4 is 28.6 Å². The molecule has 0 atom stereocenters. The van der Waals surface area contributed by atoms with Crippen molar-refractivity contribution in [2.24, 2.45) is 0 Å². The van der Waals surface area contributed by atoms with Gasteiger partial charge in [0.25, 0.3) is 6.43 Å². The summed E-state index contributed by atoms with van der Waals surface area (Å²) >= 11 is 1.93. The van der Waals surface area contributed by atoms with Crippen LogP contribution in [0.2, 0.25) is 0 Å². The number of alkyl halides is 2. The maximum atomic E-state index is 11.9. The van der Waals surface area contributed by atoms with Crippen LogP contribution in [0.4, 0.5) is 8.78 Å². The first kappa shape index (κ1) is 12.2. The highest BCUT2D eigenvalue weighted by molar-refractivity contribution is 14.1. The second kappa shape index (κ2) is 5.24. The van der Waals surface area contributed by atoms with Gasteiger partial charge < -0.3 is 9.84 Å². The Kier molecular flexibility index (Phi) is 4.25. The number of halogens is 3. The van der Waals surface area contributed by atoms with E-state index in [-0.39, 0.29) is 11.3 Å². The van der Waals surface area contributed by atoms with Crippen LogP contribution in [0.15, 0.2) is 18.2 Å². The van der Waals surface area contributed by atoms with Gasteiger partial charge in [-0.1, -0.05) is 0 Å². The number of hydrogen-bond acceptors (Lipinski definition) is 2. The highest BCUT2D eigenvalue weighted by atomic mass is 127. The van der Waals surface area contributed by atoms with Gasteiger partial charge in [-0.25, -0.2) is 13.6 Å². The molecule has 15 heavy (non-hydrogen) atoms. The molecule has 0 spiro atoms. The first-order valence-electron chi connectivity index (χ1n) is 3.94.